The van der Waals surface area contributed by atoms with Crippen molar-refractivity contribution in [2.75, 3.05) is 5.32 Å². The van der Waals surface area contributed by atoms with Crippen LogP contribution >= 0.6 is 0 Å². The van der Waals surface area contributed by atoms with Gasteiger partial charge in [0.25, 0.3) is 5.79 Å². The third kappa shape index (κ3) is 3.92. The van der Waals surface area contributed by atoms with Crippen molar-refractivity contribution in [1.29, 1.82) is 0 Å². The average molecular weight is 378 g/mol. The van der Waals surface area contributed by atoms with Gasteiger partial charge in [0.15, 0.2) is 5.57 Å². The second kappa shape index (κ2) is 7.13. The van der Waals surface area contributed by atoms with Gasteiger partial charge in [-0.2, -0.15) is 0 Å². The molecule has 0 atom stereocenters. The molecule has 6 nitrogen and oxygen atoms in total. The summed E-state index contributed by atoms with van der Waals surface area (Å²) < 4.78 is 10.2. The molecule has 1 saturated heterocycles. The molecule has 0 aliphatic carbocycles. The van der Waals surface area contributed by atoms with E-state index in [-0.39, 0.29) is 5.57 Å². The molecule has 0 amide bonds. The Labute approximate surface area is 163 Å². The summed E-state index contributed by atoms with van der Waals surface area (Å²) in [6.45, 7) is 5.70. The van der Waals surface area contributed by atoms with Crippen LogP contribution in [0.25, 0.3) is 0 Å². The molecule has 28 heavy (non-hydrogen) atoms. The van der Waals surface area contributed by atoms with Crippen LogP contribution in [0.5, 0.6) is 0 Å². The van der Waals surface area contributed by atoms with Gasteiger partial charge >= 0.3 is 11.9 Å². The van der Waals surface area contributed by atoms with Crippen molar-refractivity contribution >= 4 is 17.6 Å². The van der Waals surface area contributed by atoms with Gasteiger partial charge in [-0.05, 0) is 28.8 Å². The SMILES string of the molecule is CC1(C)OC(=O)C(=CNc2ccc3c(c2)CN(Cc2ccccc2)C3)C(=O)O1. The first-order valence-electron chi connectivity index (χ1n) is 9.21. The standard InChI is InChI=1S/C22H22N2O4/c1-22(2)27-20(25)19(21(26)28-22)11-23-18-9-8-16-13-24(14-17(16)10-18)12-15-6-4-3-5-7-15/h3-11,23H,12-14H2,1-2H3. The number of nitrogens with one attached hydrogen (secondary N) is 1. The highest BCUT2D eigenvalue weighted by molar-refractivity contribution is 6.15. The smallest absolute Gasteiger partial charge is 0.350 e. The molecule has 2 aliphatic rings. The molecule has 1 N–H and O–H groups in total. The number of carbonyl (C=O) groups is 2. The molecule has 0 unspecified atom stereocenters. The van der Waals surface area contributed by atoms with E-state index in [0.717, 1.165) is 25.3 Å². The summed E-state index contributed by atoms with van der Waals surface area (Å²) in [6.07, 6.45) is 1.35. The Morgan fingerprint density at radius 3 is 2.39 bits per heavy atom. The molecule has 2 aromatic carbocycles. The van der Waals surface area contributed by atoms with E-state index in [1.165, 1.54) is 36.7 Å². The summed E-state index contributed by atoms with van der Waals surface area (Å²) in [6, 6.07) is 16.4. The van der Waals surface area contributed by atoms with E-state index in [9.17, 15) is 9.59 Å². The average Bonchev–Trinajstić information content (AvgIpc) is 3.02. The Morgan fingerprint density at radius 2 is 1.68 bits per heavy atom. The van der Waals surface area contributed by atoms with Crippen molar-refractivity contribution in [2.24, 2.45) is 0 Å². The number of hydrogen-bond donors (Lipinski definition) is 1. The van der Waals surface area contributed by atoms with E-state index < -0.39 is 17.7 Å². The number of carbonyl (C=O) groups excluding carboxylic acids is 2. The fourth-order valence-electron chi connectivity index (χ4n) is 3.44. The van der Waals surface area contributed by atoms with Gasteiger partial charge in [0.1, 0.15) is 0 Å². The molecule has 6 heteroatoms. The molecular formula is C22H22N2O4. The Kier molecular flexibility index (Phi) is 4.65. The predicted octanol–water partition coefficient (Wildman–Crippen LogP) is 3.33. The first-order valence-corrected chi connectivity index (χ1v) is 9.21. The molecule has 4 rings (SSSR count). The normalized spacial score (nSPS) is 18.3. The number of anilines is 1. The van der Waals surface area contributed by atoms with Crippen LogP contribution in [0.3, 0.4) is 0 Å². The zero-order valence-electron chi connectivity index (χ0n) is 15.9. The van der Waals surface area contributed by atoms with Gasteiger partial charge < -0.3 is 14.8 Å². The summed E-state index contributed by atoms with van der Waals surface area (Å²) in [5.41, 5.74) is 4.46. The van der Waals surface area contributed by atoms with Crippen molar-refractivity contribution in [1.82, 2.24) is 4.90 Å². The first-order chi connectivity index (χ1) is 13.4. The van der Waals surface area contributed by atoms with E-state index in [1.54, 1.807) is 0 Å². The zero-order valence-corrected chi connectivity index (χ0v) is 15.9. The molecule has 0 bridgehead atoms. The highest BCUT2D eigenvalue weighted by Gasteiger charge is 2.38. The highest BCUT2D eigenvalue weighted by Crippen LogP contribution is 2.28. The number of nitrogens with zero attached hydrogens (tertiary/aromatic N) is 1. The van der Waals surface area contributed by atoms with Crippen LogP contribution in [-0.2, 0) is 38.7 Å². The van der Waals surface area contributed by atoms with Crippen molar-refractivity contribution in [2.45, 2.75) is 39.3 Å². The van der Waals surface area contributed by atoms with Crippen LogP contribution in [0.4, 0.5) is 5.69 Å². The summed E-state index contributed by atoms with van der Waals surface area (Å²) in [4.78, 5) is 26.4. The van der Waals surface area contributed by atoms with Crippen LogP contribution in [0, 0.1) is 0 Å². The Morgan fingerprint density at radius 1 is 1.00 bits per heavy atom. The Bertz CT molecular complexity index is 928. The van der Waals surface area contributed by atoms with Crippen LogP contribution in [0.2, 0.25) is 0 Å². The molecular weight excluding hydrogens is 356 g/mol. The summed E-state index contributed by atoms with van der Waals surface area (Å²) in [7, 11) is 0. The third-order valence-electron chi connectivity index (χ3n) is 4.74. The third-order valence-corrected chi connectivity index (χ3v) is 4.74. The lowest BCUT2D eigenvalue weighted by atomic mass is 10.1. The number of ether oxygens (including phenoxy) is 2. The van der Waals surface area contributed by atoms with Crippen LogP contribution in [0.15, 0.2) is 60.3 Å². The highest BCUT2D eigenvalue weighted by atomic mass is 16.7. The van der Waals surface area contributed by atoms with E-state index in [0.29, 0.717) is 0 Å². The van der Waals surface area contributed by atoms with Crippen LogP contribution in [-0.4, -0.2) is 22.6 Å². The number of rotatable bonds is 4. The summed E-state index contributed by atoms with van der Waals surface area (Å²) >= 11 is 0. The number of benzene rings is 2. The van der Waals surface area contributed by atoms with Gasteiger partial charge in [0.2, 0.25) is 0 Å². The van der Waals surface area contributed by atoms with Gasteiger partial charge in [0.05, 0.1) is 0 Å². The van der Waals surface area contributed by atoms with E-state index in [1.807, 2.05) is 18.2 Å². The van der Waals surface area contributed by atoms with E-state index in [2.05, 4.69) is 40.5 Å². The first kappa shape index (κ1) is 18.3. The molecule has 0 radical (unpaired) electrons. The van der Waals surface area contributed by atoms with Gasteiger partial charge in [-0.15, -0.1) is 0 Å². The summed E-state index contributed by atoms with van der Waals surface area (Å²) in [5, 5.41) is 3.01. The minimum absolute atomic E-state index is 0.148. The second-order valence-electron chi connectivity index (χ2n) is 7.50. The van der Waals surface area contributed by atoms with Crippen LogP contribution < -0.4 is 5.32 Å². The molecule has 2 heterocycles. The van der Waals surface area contributed by atoms with Crippen molar-refractivity contribution in [3.63, 3.8) is 0 Å². The Balaban J connectivity index is 1.43. The van der Waals surface area contributed by atoms with E-state index >= 15 is 0 Å². The van der Waals surface area contributed by atoms with Gasteiger partial charge in [-0.3, -0.25) is 4.90 Å². The van der Waals surface area contributed by atoms with Crippen molar-refractivity contribution < 1.29 is 19.1 Å². The van der Waals surface area contributed by atoms with Gasteiger partial charge in [-0.25, -0.2) is 9.59 Å². The molecule has 0 aromatic heterocycles. The zero-order chi connectivity index (χ0) is 19.7. The van der Waals surface area contributed by atoms with Gasteiger partial charge in [-0.1, -0.05) is 36.4 Å². The lowest BCUT2D eigenvalue weighted by molar-refractivity contribution is -0.222. The Hall–Kier alpha value is -3.12. The largest absolute Gasteiger partial charge is 0.419 e. The maximum Gasteiger partial charge on any atom is 0.350 e. The summed E-state index contributed by atoms with van der Waals surface area (Å²) in [5.74, 6) is -2.62. The number of hydrogen-bond acceptors (Lipinski definition) is 6. The number of esters is 2. The van der Waals surface area contributed by atoms with Crippen LogP contribution in [0.1, 0.15) is 30.5 Å². The van der Waals surface area contributed by atoms with Crippen molar-refractivity contribution in [3.05, 3.63) is 77.0 Å². The maximum absolute atomic E-state index is 12.0. The topological polar surface area (TPSA) is 67.9 Å². The second-order valence-corrected chi connectivity index (χ2v) is 7.50. The fourth-order valence-corrected chi connectivity index (χ4v) is 3.44. The molecule has 0 spiro atoms. The molecule has 2 aliphatic heterocycles. The lowest BCUT2D eigenvalue weighted by Crippen LogP contribution is -2.42. The quantitative estimate of drug-likeness (QED) is 0.500. The minimum atomic E-state index is -1.23. The molecule has 0 saturated carbocycles. The molecule has 144 valence electrons. The lowest BCUT2D eigenvalue weighted by Gasteiger charge is -2.29. The predicted molar refractivity (Wildman–Crippen MR) is 104 cm³/mol. The van der Waals surface area contributed by atoms with Gasteiger partial charge in [0, 0.05) is 45.4 Å². The molecule has 2 aromatic rings. The maximum atomic E-state index is 12.0. The minimum Gasteiger partial charge on any atom is -0.419 e. The fraction of sp³-hybridized carbons (Fsp3) is 0.273. The van der Waals surface area contributed by atoms with E-state index in [4.69, 9.17) is 9.47 Å². The van der Waals surface area contributed by atoms with Crippen molar-refractivity contribution in [3.8, 4) is 0 Å². The monoisotopic (exact) mass is 378 g/mol. The number of cyclic esters (lactones) is 2. The number of fused-ring (bicyclic) bond motifs is 1. The molecule has 1 fully saturated rings.